The van der Waals surface area contributed by atoms with Crippen LogP contribution >= 0.6 is 0 Å². The lowest BCUT2D eigenvalue weighted by Crippen LogP contribution is -2.09. The van der Waals surface area contributed by atoms with Crippen molar-refractivity contribution in [1.82, 2.24) is 0 Å². The highest BCUT2D eigenvalue weighted by atomic mass is 16.5. The van der Waals surface area contributed by atoms with Gasteiger partial charge in [0, 0.05) is 13.2 Å². The summed E-state index contributed by atoms with van der Waals surface area (Å²) in [5.74, 6) is 0. The summed E-state index contributed by atoms with van der Waals surface area (Å²) in [5.41, 5.74) is 0. The van der Waals surface area contributed by atoms with E-state index >= 15 is 0 Å². The normalized spacial score (nSPS) is 9.88. The van der Waals surface area contributed by atoms with Crippen molar-refractivity contribution in [2.45, 2.75) is 26.7 Å². The molecule has 17 heavy (non-hydrogen) atoms. The first kappa shape index (κ1) is 19.1. The number of aliphatic hydroxyl groups is 2. The van der Waals surface area contributed by atoms with Gasteiger partial charge >= 0.3 is 0 Å². The fourth-order valence-corrected chi connectivity index (χ4v) is 0.831. The Kier molecular flexibility index (Phi) is 23.8. The second kappa shape index (κ2) is 21.1. The van der Waals surface area contributed by atoms with Gasteiger partial charge in [-0.2, -0.15) is 0 Å². The van der Waals surface area contributed by atoms with Gasteiger partial charge < -0.3 is 24.4 Å². The van der Waals surface area contributed by atoms with Crippen molar-refractivity contribution >= 4 is 0 Å². The van der Waals surface area contributed by atoms with Gasteiger partial charge in [-0.3, -0.25) is 0 Å². The third-order valence-corrected chi connectivity index (χ3v) is 1.54. The highest BCUT2D eigenvalue weighted by Gasteiger charge is 1.89. The van der Waals surface area contributed by atoms with E-state index in [1.165, 1.54) is 0 Å². The predicted molar refractivity (Wildman–Crippen MR) is 67.2 cm³/mol. The maximum absolute atomic E-state index is 7.62. The molecule has 0 unspecified atom stereocenters. The first-order valence-corrected chi connectivity index (χ1v) is 6.28. The van der Waals surface area contributed by atoms with Gasteiger partial charge in [0.05, 0.1) is 39.6 Å². The molecule has 0 aliphatic heterocycles. The standard InChI is InChI=1S/C10H22O3.C2H6O2/c1-3-5-11-7-9-13-10-8-12-6-4-2;3-1-2-4/h3-10H2,1-2H3;3-4H,1-2H2. The van der Waals surface area contributed by atoms with Crippen LogP contribution in [-0.4, -0.2) is 63.1 Å². The van der Waals surface area contributed by atoms with Gasteiger partial charge in [0.1, 0.15) is 0 Å². The van der Waals surface area contributed by atoms with Crippen LogP contribution in [0.1, 0.15) is 26.7 Å². The van der Waals surface area contributed by atoms with Crippen LogP contribution in [0.25, 0.3) is 0 Å². The van der Waals surface area contributed by atoms with E-state index in [9.17, 15) is 0 Å². The Hall–Kier alpha value is -0.200. The third-order valence-electron chi connectivity index (χ3n) is 1.54. The Balaban J connectivity index is 0. The molecule has 0 amide bonds. The Morgan fingerprint density at radius 2 is 0.882 bits per heavy atom. The van der Waals surface area contributed by atoms with Crippen molar-refractivity contribution in [3.8, 4) is 0 Å². The van der Waals surface area contributed by atoms with E-state index in [2.05, 4.69) is 13.8 Å². The molecule has 0 saturated carbocycles. The molecule has 5 nitrogen and oxygen atoms in total. The molecule has 0 aliphatic carbocycles. The maximum atomic E-state index is 7.62. The minimum atomic E-state index is -0.125. The van der Waals surface area contributed by atoms with Gasteiger partial charge in [-0.25, -0.2) is 0 Å². The van der Waals surface area contributed by atoms with Crippen molar-refractivity contribution in [2.75, 3.05) is 52.9 Å². The molecule has 0 atom stereocenters. The molecule has 0 aromatic carbocycles. The van der Waals surface area contributed by atoms with E-state index in [0.717, 1.165) is 26.1 Å². The topological polar surface area (TPSA) is 68.2 Å². The maximum Gasteiger partial charge on any atom is 0.0701 e. The summed E-state index contributed by atoms with van der Waals surface area (Å²) in [5, 5.41) is 15.2. The van der Waals surface area contributed by atoms with Crippen LogP contribution in [0.4, 0.5) is 0 Å². The monoisotopic (exact) mass is 252 g/mol. The lowest BCUT2D eigenvalue weighted by atomic mass is 10.5. The lowest BCUT2D eigenvalue weighted by Gasteiger charge is -2.05. The number of hydrogen-bond donors (Lipinski definition) is 2. The molecule has 0 bridgehead atoms. The Morgan fingerprint density at radius 1 is 0.588 bits per heavy atom. The van der Waals surface area contributed by atoms with E-state index in [1.54, 1.807) is 0 Å². The molecular formula is C12H28O5. The summed E-state index contributed by atoms with van der Waals surface area (Å²) in [6.45, 7) is 8.35. The van der Waals surface area contributed by atoms with E-state index in [-0.39, 0.29) is 13.2 Å². The first-order chi connectivity index (χ1) is 8.33. The summed E-state index contributed by atoms with van der Waals surface area (Å²) in [6.07, 6.45) is 2.14. The molecule has 0 aromatic rings. The van der Waals surface area contributed by atoms with Crippen LogP contribution in [-0.2, 0) is 14.2 Å². The second-order valence-corrected chi connectivity index (χ2v) is 3.28. The molecule has 0 fully saturated rings. The fourth-order valence-electron chi connectivity index (χ4n) is 0.831. The summed E-state index contributed by atoms with van der Waals surface area (Å²) < 4.78 is 15.8. The molecule has 0 aliphatic rings. The quantitative estimate of drug-likeness (QED) is 0.533. The largest absolute Gasteiger partial charge is 0.394 e. The average molecular weight is 252 g/mol. The SMILES string of the molecule is CCCOCCOCCOCCC.OCCO. The zero-order valence-corrected chi connectivity index (χ0v) is 11.2. The van der Waals surface area contributed by atoms with Crippen LogP contribution in [0.15, 0.2) is 0 Å². The predicted octanol–water partition coefficient (Wildman–Crippen LogP) is 0.827. The summed E-state index contributed by atoms with van der Waals surface area (Å²) in [6, 6.07) is 0. The lowest BCUT2D eigenvalue weighted by molar-refractivity contribution is 0.0148. The van der Waals surface area contributed by atoms with Crippen LogP contribution in [0, 0.1) is 0 Å². The molecule has 0 heterocycles. The smallest absolute Gasteiger partial charge is 0.0701 e. The van der Waals surface area contributed by atoms with Gasteiger partial charge in [0.25, 0.3) is 0 Å². The highest BCUT2D eigenvalue weighted by Crippen LogP contribution is 1.84. The highest BCUT2D eigenvalue weighted by molar-refractivity contribution is 4.33. The molecule has 2 N–H and O–H groups in total. The minimum Gasteiger partial charge on any atom is -0.394 e. The summed E-state index contributed by atoms with van der Waals surface area (Å²) in [7, 11) is 0. The fraction of sp³-hybridized carbons (Fsp3) is 1.00. The Bertz CT molecular complexity index is 99.1. The molecule has 106 valence electrons. The number of rotatable bonds is 11. The zero-order valence-electron chi connectivity index (χ0n) is 11.2. The van der Waals surface area contributed by atoms with Crippen molar-refractivity contribution in [3.63, 3.8) is 0 Å². The minimum absolute atomic E-state index is 0.125. The van der Waals surface area contributed by atoms with Gasteiger partial charge in [0.15, 0.2) is 0 Å². The van der Waals surface area contributed by atoms with Crippen LogP contribution in [0.5, 0.6) is 0 Å². The van der Waals surface area contributed by atoms with Crippen molar-refractivity contribution in [2.24, 2.45) is 0 Å². The van der Waals surface area contributed by atoms with Gasteiger partial charge in [-0.05, 0) is 12.8 Å². The average Bonchev–Trinajstić information content (AvgIpc) is 2.37. The van der Waals surface area contributed by atoms with E-state index in [4.69, 9.17) is 24.4 Å². The van der Waals surface area contributed by atoms with Crippen molar-refractivity contribution in [3.05, 3.63) is 0 Å². The molecule has 0 radical (unpaired) electrons. The molecule has 0 saturated heterocycles. The molecular weight excluding hydrogens is 224 g/mol. The van der Waals surface area contributed by atoms with Crippen molar-refractivity contribution < 1.29 is 24.4 Å². The summed E-state index contributed by atoms with van der Waals surface area (Å²) in [4.78, 5) is 0. The molecule has 5 heteroatoms. The first-order valence-electron chi connectivity index (χ1n) is 6.28. The number of aliphatic hydroxyl groups excluding tert-OH is 2. The Morgan fingerprint density at radius 3 is 1.12 bits per heavy atom. The number of hydrogen-bond acceptors (Lipinski definition) is 5. The van der Waals surface area contributed by atoms with E-state index in [1.807, 2.05) is 0 Å². The van der Waals surface area contributed by atoms with Crippen molar-refractivity contribution in [1.29, 1.82) is 0 Å². The van der Waals surface area contributed by atoms with Gasteiger partial charge in [-0.1, -0.05) is 13.8 Å². The molecule has 0 spiro atoms. The number of ether oxygens (including phenoxy) is 3. The molecule has 0 aromatic heterocycles. The third kappa shape index (κ3) is 25.8. The Labute approximate surface area is 105 Å². The van der Waals surface area contributed by atoms with Crippen LogP contribution in [0.3, 0.4) is 0 Å². The van der Waals surface area contributed by atoms with Crippen LogP contribution < -0.4 is 0 Å². The van der Waals surface area contributed by atoms with E-state index < -0.39 is 0 Å². The van der Waals surface area contributed by atoms with Gasteiger partial charge in [-0.15, -0.1) is 0 Å². The van der Waals surface area contributed by atoms with Gasteiger partial charge in [0.2, 0.25) is 0 Å². The zero-order chi connectivity index (χ0) is 13.2. The molecule has 0 rings (SSSR count). The van der Waals surface area contributed by atoms with Crippen LogP contribution in [0.2, 0.25) is 0 Å². The second-order valence-electron chi connectivity index (χ2n) is 3.28. The van der Waals surface area contributed by atoms with E-state index in [0.29, 0.717) is 26.4 Å². The summed E-state index contributed by atoms with van der Waals surface area (Å²) >= 11 is 0.